The minimum absolute atomic E-state index is 0.0672. The molecule has 21 heavy (non-hydrogen) atoms. The maximum absolute atomic E-state index is 12.3. The van der Waals surface area contributed by atoms with E-state index in [0.29, 0.717) is 18.2 Å². The van der Waals surface area contributed by atoms with Crippen LogP contribution in [0.25, 0.3) is 0 Å². The van der Waals surface area contributed by atoms with Gasteiger partial charge in [0.1, 0.15) is 6.10 Å². The molecule has 0 radical (unpaired) electrons. The standard InChI is InChI=1S/C16H18N2O2S/c1-12-3-2-4-13(9-12)10-15(19)18-7-5-14(11-18)20-16-17-6-8-21-16/h2-4,6,8-9,14H,5,7,10-11H2,1H3. The van der Waals surface area contributed by atoms with Gasteiger partial charge in [0.2, 0.25) is 5.91 Å². The normalized spacial score (nSPS) is 18.0. The number of thiazole rings is 1. The van der Waals surface area contributed by atoms with Crippen molar-refractivity contribution in [2.24, 2.45) is 0 Å². The van der Waals surface area contributed by atoms with E-state index in [1.165, 1.54) is 16.9 Å². The zero-order valence-corrected chi connectivity index (χ0v) is 12.8. The Hall–Kier alpha value is -1.88. The third-order valence-corrected chi connectivity index (χ3v) is 4.27. The Morgan fingerprint density at radius 3 is 3.19 bits per heavy atom. The van der Waals surface area contributed by atoms with Crippen molar-refractivity contribution in [1.29, 1.82) is 0 Å². The average Bonchev–Trinajstić information content (AvgIpc) is 3.11. The predicted molar refractivity (Wildman–Crippen MR) is 82.6 cm³/mol. The predicted octanol–water partition coefficient (Wildman–Crippen LogP) is 2.67. The minimum atomic E-state index is 0.0672. The lowest BCUT2D eigenvalue weighted by Gasteiger charge is -2.16. The number of aromatic nitrogens is 1. The Morgan fingerprint density at radius 1 is 1.52 bits per heavy atom. The summed E-state index contributed by atoms with van der Waals surface area (Å²) in [4.78, 5) is 18.3. The second kappa shape index (κ2) is 6.26. The highest BCUT2D eigenvalue weighted by Gasteiger charge is 2.27. The van der Waals surface area contributed by atoms with E-state index in [1.807, 2.05) is 35.4 Å². The SMILES string of the molecule is Cc1cccc(CC(=O)N2CCC(Oc3nccs3)C2)c1. The Bertz CT molecular complexity index is 612. The van der Waals surface area contributed by atoms with E-state index in [9.17, 15) is 4.79 Å². The Balaban J connectivity index is 1.54. The molecule has 3 rings (SSSR count). The highest BCUT2D eigenvalue weighted by Crippen LogP contribution is 2.21. The highest BCUT2D eigenvalue weighted by atomic mass is 32.1. The average molecular weight is 302 g/mol. The van der Waals surface area contributed by atoms with Crippen LogP contribution in [0.5, 0.6) is 5.19 Å². The Morgan fingerprint density at radius 2 is 2.43 bits per heavy atom. The molecule has 5 heteroatoms. The van der Waals surface area contributed by atoms with Gasteiger partial charge in [0.15, 0.2) is 0 Å². The summed E-state index contributed by atoms with van der Waals surface area (Å²) in [6, 6.07) is 8.11. The largest absolute Gasteiger partial charge is 0.465 e. The zero-order valence-electron chi connectivity index (χ0n) is 12.0. The van der Waals surface area contributed by atoms with Crippen molar-refractivity contribution in [1.82, 2.24) is 9.88 Å². The minimum Gasteiger partial charge on any atom is -0.465 e. The summed E-state index contributed by atoms with van der Waals surface area (Å²) < 4.78 is 5.78. The van der Waals surface area contributed by atoms with Crippen LogP contribution in [0.2, 0.25) is 0 Å². The van der Waals surface area contributed by atoms with Gasteiger partial charge < -0.3 is 9.64 Å². The molecule has 1 atom stereocenters. The van der Waals surface area contributed by atoms with E-state index in [4.69, 9.17) is 4.74 Å². The molecule has 1 unspecified atom stereocenters. The first kappa shape index (κ1) is 14.1. The molecule has 0 N–H and O–H groups in total. The fourth-order valence-corrected chi connectivity index (χ4v) is 3.12. The molecular weight excluding hydrogens is 284 g/mol. The van der Waals surface area contributed by atoms with E-state index in [0.717, 1.165) is 18.5 Å². The molecule has 0 spiro atoms. The number of hydrogen-bond acceptors (Lipinski definition) is 4. The van der Waals surface area contributed by atoms with Gasteiger partial charge in [-0.1, -0.05) is 41.2 Å². The van der Waals surface area contributed by atoms with Crippen LogP contribution in [0, 0.1) is 6.92 Å². The Kier molecular flexibility index (Phi) is 4.20. The van der Waals surface area contributed by atoms with Crippen LogP contribution in [0.4, 0.5) is 0 Å². The van der Waals surface area contributed by atoms with Gasteiger partial charge in [0.05, 0.1) is 13.0 Å². The van der Waals surface area contributed by atoms with Gasteiger partial charge >= 0.3 is 0 Å². The van der Waals surface area contributed by atoms with Crippen molar-refractivity contribution in [2.45, 2.75) is 25.9 Å². The summed E-state index contributed by atoms with van der Waals surface area (Å²) in [7, 11) is 0. The molecule has 1 aliphatic heterocycles. The van der Waals surface area contributed by atoms with Crippen molar-refractivity contribution in [2.75, 3.05) is 13.1 Å². The number of amides is 1. The number of benzene rings is 1. The maximum atomic E-state index is 12.3. The number of rotatable bonds is 4. The summed E-state index contributed by atoms with van der Waals surface area (Å²) in [5.41, 5.74) is 2.26. The van der Waals surface area contributed by atoms with Crippen molar-refractivity contribution in [3.63, 3.8) is 0 Å². The second-order valence-electron chi connectivity index (χ2n) is 5.33. The molecule has 2 aromatic rings. The lowest BCUT2D eigenvalue weighted by molar-refractivity contribution is -0.129. The number of ether oxygens (including phenoxy) is 1. The van der Waals surface area contributed by atoms with E-state index < -0.39 is 0 Å². The van der Waals surface area contributed by atoms with Gasteiger partial charge in [-0.05, 0) is 12.5 Å². The van der Waals surface area contributed by atoms with Gasteiger partial charge in [-0.15, -0.1) is 0 Å². The third kappa shape index (κ3) is 3.61. The number of likely N-dealkylation sites (tertiary alicyclic amines) is 1. The topological polar surface area (TPSA) is 42.4 Å². The molecule has 0 bridgehead atoms. The molecule has 1 saturated heterocycles. The second-order valence-corrected chi connectivity index (χ2v) is 6.19. The molecule has 1 aliphatic rings. The van der Waals surface area contributed by atoms with E-state index >= 15 is 0 Å². The molecule has 1 amide bonds. The summed E-state index contributed by atoms with van der Waals surface area (Å²) in [6.45, 7) is 3.46. The van der Waals surface area contributed by atoms with Crippen molar-refractivity contribution in [3.05, 3.63) is 47.0 Å². The van der Waals surface area contributed by atoms with Crippen molar-refractivity contribution < 1.29 is 9.53 Å². The van der Waals surface area contributed by atoms with E-state index in [2.05, 4.69) is 11.1 Å². The molecule has 0 saturated carbocycles. The molecule has 1 aromatic heterocycles. The molecule has 1 fully saturated rings. The van der Waals surface area contributed by atoms with Crippen LogP contribution in [0.3, 0.4) is 0 Å². The summed E-state index contributed by atoms with van der Waals surface area (Å²) >= 11 is 1.49. The summed E-state index contributed by atoms with van der Waals surface area (Å²) in [5.74, 6) is 0.172. The first-order chi connectivity index (χ1) is 10.2. The number of carbonyl (C=O) groups excluding carboxylic acids is 1. The van der Waals surface area contributed by atoms with Crippen LogP contribution in [0.15, 0.2) is 35.8 Å². The highest BCUT2D eigenvalue weighted by molar-refractivity contribution is 7.11. The molecular formula is C16H18N2O2S. The van der Waals surface area contributed by atoms with Gasteiger partial charge in [0.25, 0.3) is 5.19 Å². The third-order valence-electron chi connectivity index (χ3n) is 3.61. The summed E-state index contributed by atoms with van der Waals surface area (Å²) in [5, 5.41) is 2.58. The molecule has 110 valence electrons. The molecule has 0 aliphatic carbocycles. The van der Waals surface area contributed by atoms with E-state index in [1.54, 1.807) is 6.20 Å². The first-order valence-corrected chi connectivity index (χ1v) is 7.98. The number of nitrogens with zero attached hydrogens (tertiary/aromatic N) is 2. The van der Waals surface area contributed by atoms with Crippen LogP contribution >= 0.6 is 11.3 Å². The van der Waals surface area contributed by atoms with Gasteiger partial charge in [-0.2, -0.15) is 0 Å². The van der Waals surface area contributed by atoms with Crippen LogP contribution < -0.4 is 4.74 Å². The van der Waals surface area contributed by atoms with Crippen LogP contribution in [-0.4, -0.2) is 35.0 Å². The monoisotopic (exact) mass is 302 g/mol. The molecule has 1 aromatic carbocycles. The lowest BCUT2D eigenvalue weighted by atomic mass is 10.1. The van der Waals surface area contributed by atoms with Crippen molar-refractivity contribution in [3.8, 4) is 5.19 Å². The van der Waals surface area contributed by atoms with Crippen LogP contribution in [0.1, 0.15) is 17.5 Å². The van der Waals surface area contributed by atoms with Gasteiger partial charge in [-0.3, -0.25) is 4.79 Å². The fraction of sp³-hybridized carbons (Fsp3) is 0.375. The van der Waals surface area contributed by atoms with Gasteiger partial charge in [-0.25, -0.2) is 4.98 Å². The fourth-order valence-electron chi connectivity index (χ4n) is 2.57. The number of aryl methyl sites for hydroxylation is 1. The van der Waals surface area contributed by atoms with Crippen molar-refractivity contribution >= 4 is 17.2 Å². The number of hydrogen-bond donors (Lipinski definition) is 0. The maximum Gasteiger partial charge on any atom is 0.273 e. The van der Waals surface area contributed by atoms with Crippen LogP contribution in [-0.2, 0) is 11.2 Å². The molecule has 2 heterocycles. The zero-order chi connectivity index (χ0) is 14.7. The smallest absolute Gasteiger partial charge is 0.273 e. The molecule has 4 nitrogen and oxygen atoms in total. The lowest BCUT2D eigenvalue weighted by Crippen LogP contribution is -2.32. The number of carbonyl (C=O) groups is 1. The first-order valence-electron chi connectivity index (χ1n) is 7.10. The Labute approximate surface area is 128 Å². The quantitative estimate of drug-likeness (QED) is 0.872. The van der Waals surface area contributed by atoms with Gasteiger partial charge in [0, 0.05) is 24.5 Å². The van der Waals surface area contributed by atoms with E-state index in [-0.39, 0.29) is 12.0 Å². The summed E-state index contributed by atoms with van der Waals surface area (Å²) in [6.07, 6.45) is 3.14.